The monoisotopic (exact) mass is 299 g/mol. The highest BCUT2D eigenvalue weighted by molar-refractivity contribution is 5.98. The van der Waals surface area contributed by atoms with Gasteiger partial charge >= 0.3 is 0 Å². The second kappa shape index (κ2) is 6.17. The van der Waals surface area contributed by atoms with Gasteiger partial charge in [-0.05, 0) is 32.4 Å². The number of hydrogen-bond acceptors (Lipinski definition) is 4. The van der Waals surface area contributed by atoms with E-state index in [9.17, 15) is 4.79 Å². The normalized spacial score (nSPS) is 17.1. The summed E-state index contributed by atoms with van der Waals surface area (Å²) in [6.45, 7) is 4.82. The van der Waals surface area contributed by atoms with Crippen molar-refractivity contribution in [2.45, 2.75) is 45.3 Å². The largest absolute Gasteiger partial charge is 0.367 e. The first-order valence-electron chi connectivity index (χ1n) is 7.66. The summed E-state index contributed by atoms with van der Waals surface area (Å²) in [5.41, 5.74) is 0.590. The molecule has 2 aromatic rings. The first-order valence-corrected chi connectivity index (χ1v) is 7.66. The standard InChI is InChI=1S/C16H21N5O/c1-11(2)19-15-13(4-3-7-18-15)16(22)20-12-5-6-14-17-8-9-21(14)10-12/h3-4,7-9,11-12H,5-6,10H2,1-2H3,(H,18,19)(H,20,22)/t12-/m0/s1. The zero-order valence-corrected chi connectivity index (χ0v) is 12.9. The minimum atomic E-state index is -0.0789. The number of aromatic nitrogens is 3. The molecule has 0 aliphatic carbocycles. The average molecular weight is 299 g/mol. The number of hydrogen-bond donors (Lipinski definition) is 2. The Balaban J connectivity index is 1.70. The zero-order valence-electron chi connectivity index (χ0n) is 12.9. The molecule has 116 valence electrons. The number of anilines is 1. The lowest BCUT2D eigenvalue weighted by molar-refractivity contribution is 0.0928. The van der Waals surface area contributed by atoms with Crippen molar-refractivity contribution in [3.05, 3.63) is 42.1 Å². The average Bonchev–Trinajstić information content (AvgIpc) is 2.94. The molecule has 3 rings (SSSR count). The number of pyridine rings is 1. The minimum absolute atomic E-state index is 0.0789. The predicted octanol–water partition coefficient (Wildman–Crippen LogP) is 1.84. The molecule has 1 amide bonds. The summed E-state index contributed by atoms with van der Waals surface area (Å²) in [4.78, 5) is 21.1. The topological polar surface area (TPSA) is 71.8 Å². The summed E-state index contributed by atoms with van der Waals surface area (Å²) in [6, 6.07) is 3.94. The van der Waals surface area contributed by atoms with E-state index < -0.39 is 0 Å². The van der Waals surface area contributed by atoms with Crippen LogP contribution >= 0.6 is 0 Å². The number of aryl methyl sites for hydroxylation is 1. The van der Waals surface area contributed by atoms with Crippen LogP contribution in [0.3, 0.4) is 0 Å². The Kier molecular flexibility index (Phi) is 4.09. The van der Waals surface area contributed by atoms with Gasteiger partial charge in [0.1, 0.15) is 11.6 Å². The maximum atomic E-state index is 12.5. The summed E-state index contributed by atoms with van der Waals surface area (Å²) >= 11 is 0. The van der Waals surface area contributed by atoms with Gasteiger partial charge < -0.3 is 15.2 Å². The zero-order chi connectivity index (χ0) is 15.5. The van der Waals surface area contributed by atoms with Gasteiger partial charge in [-0.1, -0.05) is 0 Å². The van der Waals surface area contributed by atoms with E-state index in [4.69, 9.17) is 0 Å². The van der Waals surface area contributed by atoms with Crippen LogP contribution in [0, 0.1) is 0 Å². The van der Waals surface area contributed by atoms with E-state index in [1.165, 1.54) is 0 Å². The number of amides is 1. The van der Waals surface area contributed by atoms with E-state index >= 15 is 0 Å². The van der Waals surface area contributed by atoms with Crippen molar-refractivity contribution in [3.8, 4) is 0 Å². The maximum Gasteiger partial charge on any atom is 0.255 e. The van der Waals surface area contributed by atoms with Crippen LogP contribution in [0.2, 0.25) is 0 Å². The highest BCUT2D eigenvalue weighted by Gasteiger charge is 2.22. The first-order chi connectivity index (χ1) is 10.6. The molecular formula is C16H21N5O. The van der Waals surface area contributed by atoms with Crippen LogP contribution in [-0.2, 0) is 13.0 Å². The van der Waals surface area contributed by atoms with Crippen molar-refractivity contribution in [1.29, 1.82) is 0 Å². The van der Waals surface area contributed by atoms with Crippen molar-refractivity contribution in [3.63, 3.8) is 0 Å². The highest BCUT2D eigenvalue weighted by atomic mass is 16.1. The minimum Gasteiger partial charge on any atom is -0.367 e. The number of carbonyl (C=O) groups excluding carboxylic acids is 1. The van der Waals surface area contributed by atoms with Gasteiger partial charge in [-0.25, -0.2) is 9.97 Å². The van der Waals surface area contributed by atoms with Gasteiger partial charge in [0.15, 0.2) is 0 Å². The Labute approximate surface area is 130 Å². The van der Waals surface area contributed by atoms with Crippen molar-refractivity contribution >= 4 is 11.7 Å². The molecule has 0 unspecified atom stereocenters. The molecule has 0 saturated carbocycles. The van der Waals surface area contributed by atoms with Crippen molar-refractivity contribution in [1.82, 2.24) is 19.9 Å². The summed E-state index contributed by atoms with van der Waals surface area (Å²) in [7, 11) is 0. The van der Waals surface area contributed by atoms with Crippen molar-refractivity contribution < 1.29 is 4.79 Å². The molecule has 0 radical (unpaired) electrons. The Bertz CT molecular complexity index is 664. The van der Waals surface area contributed by atoms with Crippen LogP contribution in [-0.4, -0.2) is 32.5 Å². The molecule has 6 heteroatoms. The SMILES string of the molecule is CC(C)Nc1ncccc1C(=O)N[C@H]1CCc2nccn2C1. The van der Waals surface area contributed by atoms with Crippen molar-refractivity contribution in [2.24, 2.45) is 0 Å². The second-order valence-corrected chi connectivity index (χ2v) is 5.90. The fourth-order valence-corrected chi connectivity index (χ4v) is 2.72. The highest BCUT2D eigenvalue weighted by Crippen LogP contribution is 2.16. The van der Waals surface area contributed by atoms with Gasteiger partial charge in [0.05, 0.1) is 5.56 Å². The van der Waals surface area contributed by atoms with Gasteiger partial charge in [0, 0.05) is 43.6 Å². The lowest BCUT2D eigenvalue weighted by Gasteiger charge is -2.25. The van der Waals surface area contributed by atoms with Gasteiger partial charge in [0.2, 0.25) is 0 Å². The molecule has 1 aliphatic rings. The maximum absolute atomic E-state index is 12.5. The summed E-state index contributed by atoms with van der Waals surface area (Å²) in [5, 5.41) is 6.33. The lowest BCUT2D eigenvalue weighted by atomic mass is 10.1. The van der Waals surface area contributed by atoms with E-state index in [1.807, 2.05) is 26.2 Å². The van der Waals surface area contributed by atoms with Crippen LogP contribution in [0.15, 0.2) is 30.7 Å². The molecule has 6 nitrogen and oxygen atoms in total. The fraction of sp³-hybridized carbons (Fsp3) is 0.438. The fourth-order valence-electron chi connectivity index (χ4n) is 2.72. The molecule has 2 aromatic heterocycles. The number of carbonyl (C=O) groups is 1. The van der Waals surface area contributed by atoms with Gasteiger partial charge in [-0.15, -0.1) is 0 Å². The summed E-state index contributed by atoms with van der Waals surface area (Å²) in [6.07, 6.45) is 7.27. The number of nitrogens with one attached hydrogen (secondary N) is 2. The molecule has 22 heavy (non-hydrogen) atoms. The third-order valence-electron chi connectivity index (χ3n) is 3.75. The Hall–Kier alpha value is -2.37. The summed E-state index contributed by atoms with van der Waals surface area (Å²) < 4.78 is 2.10. The second-order valence-electron chi connectivity index (χ2n) is 5.90. The van der Waals surface area contributed by atoms with E-state index in [-0.39, 0.29) is 18.0 Å². The molecular weight excluding hydrogens is 278 g/mol. The molecule has 0 spiro atoms. The van der Waals surface area contributed by atoms with Gasteiger partial charge in [0.25, 0.3) is 5.91 Å². The Morgan fingerprint density at radius 2 is 2.23 bits per heavy atom. The number of fused-ring (bicyclic) bond motifs is 1. The third-order valence-corrected chi connectivity index (χ3v) is 3.75. The molecule has 2 N–H and O–H groups in total. The van der Waals surface area contributed by atoms with Gasteiger partial charge in [-0.2, -0.15) is 0 Å². The quantitative estimate of drug-likeness (QED) is 0.903. The number of imidazole rings is 1. The molecule has 0 saturated heterocycles. The Morgan fingerprint density at radius 1 is 1.36 bits per heavy atom. The lowest BCUT2D eigenvalue weighted by Crippen LogP contribution is -2.41. The van der Waals surface area contributed by atoms with Crippen molar-refractivity contribution in [2.75, 3.05) is 5.32 Å². The molecule has 3 heterocycles. The predicted molar refractivity (Wildman–Crippen MR) is 84.8 cm³/mol. The van der Waals surface area contributed by atoms with Gasteiger partial charge in [-0.3, -0.25) is 4.79 Å². The molecule has 0 aromatic carbocycles. The van der Waals surface area contributed by atoms with Crippen LogP contribution in [0.25, 0.3) is 0 Å². The van der Waals surface area contributed by atoms with E-state index in [0.717, 1.165) is 25.2 Å². The van der Waals surface area contributed by atoms with Crippen LogP contribution in [0.4, 0.5) is 5.82 Å². The smallest absolute Gasteiger partial charge is 0.255 e. The van der Waals surface area contributed by atoms with E-state index in [2.05, 4.69) is 25.2 Å². The molecule has 0 fully saturated rings. The summed E-state index contributed by atoms with van der Waals surface area (Å²) in [5.74, 6) is 1.65. The third kappa shape index (κ3) is 3.10. The number of rotatable bonds is 4. The first kappa shape index (κ1) is 14.6. The van der Waals surface area contributed by atoms with E-state index in [0.29, 0.717) is 11.4 Å². The number of nitrogens with zero attached hydrogens (tertiary/aromatic N) is 3. The Morgan fingerprint density at radius 3 is 3.05 bits per heavy atom. The molecule has 0 bridgehead atoms. The van der Waals surface area contributed by atoms with Crippen LogP contribution in [0.1, 0.15) is 36.5 Å². The van der Waals surface area contributed by atoms with Crippen LogP contribution in [0.5, 0.6) is 0 Å². The molecule has 1 aliphatic heterocycles. The van der Waals surface area contributed by atoms with Crippen LogP contribution < -0.4 is 10.6 Å². The molecule has 1 atom stereocenters. The van der Waals surface area contributed by atoms with E-state index in [1.54, 1.807) is 18.3 Å².